The van der Waals surface area contributed by atoms with E-state index in [4.69, 9.17) is 5.11 Å². The van der Waals surface area contributed by atoms with E-state index in [9.17, 15) is 22.0 Å². The van der Waals surface area contributed by atoms with E-state index in [0.717, 1.165) is 16.4 Å². The van der Waals surface area contributed by atoms with Gasteiger partial charge in [-0.15, -0.1) is 0 Å². The van der Waals surface area contributed by atoms with Crippen LogP contribution in [-0.4, -0.2) is 42.6 Å². The summed E-state index contributed by atoms with van der Waals surface area (Å²) in [6.07, 6.45) is 0.614. The van der Waals surface area contributed by atoms with Crippen molar-refractivity contribution in [2.45, 2.75) is 19.3 Å². The van der Waals surface area contributed by atoms with E-state index < -0.39 is 39.3 Å². The van der Waals surface area contributed by atoms with Gasteiger partial charge in [0.1, 0.15) is 11.6 Å². The highest BCUT2D eigenvalue weighted by molar-refractivity contribution is 7.89. The number of piperidine rings is 1. The van der Waals surface area contributed by atoms with Gasteiger partial charge in [0, 0.05) is 18.7 Å². The molecule has 1 heterocycles. The molecule has 5 nitrogen and oxygen atoms in total. The molecular formula is C14H17F2NO4S. The summed E-state index contributed by atoms with van der Waals surface area (Å²) in [5.74, 6) is -3.76. The minimum absolute atomic E-state index is 0.0859. The van der Waals surface area contributed by atoms with Gasteiger partial charge >= 0.3 is 5.97 Å². The minimum atomic E-state index is -3.74. The van der Waals surface area contributed by atoms with Crippen LogP contribution in [-0.2, 0) is 21.2 Å². The zero-order chi connectivity index (χ0) is 16.3. The smallest absolute Gasteiger partial charge is 0.307 e. The van der Waals surface area contributed by atoms with Crippen molar-refractivity contribution < 1.29 is 27.1 Å². The van der Waals surface area contributed by atoms with Crippen LogP contribution < -0.4 is 0 Å². The standard InChI is InChI=1S/C14H17F2NO4S/c15-12-4-1-5-13(16)11(12)6-8-22(20,21)17-7-2-3-10(9-17)14(18)19/h1,4-5,10H,2-3,6-9H2,(H,18,19). The van der Waals surface area contributed by atoms with E-state index in [2.05, 4.69) is 0 Å². The number of hydrogen-bond donors (Lipinski definition) is 1. The van der Waals surface area contributed by atoms with Gasteiger partial charge in [-0.2, -0.15) is 0 Å². The fraction of sp³-hybridized carbons (Fsp3) is 0.500. The van der Waals surface area contributed by atoms with E-state index in [0.29, 0.717) is 12.8 Å². The lowest BCUT2D eigenvalue weighted by Gasteiger charge is -2.29. The van der Waals surface area contributed by atoms with Gasteiger partial charge in [-0.05, 0) is 31.4 Å². The van der Waals surface area contributed by atoms with Crippen LogP contribution >= 0.6 is 0 Å². The number of halogens is 2. The Hall–Kier alpha value is -1.54. The number of carboxylic acid groups (broad SMARTS) is 1. The monoisotopic (exact) mass is 333 g/mol. The molecule has 1 aliphatic rings. The van der Waals surface area contributed by atoms with Gasteiger partial charge in [0.2, 0.25) is 10.0 Å². The Morgan fingerprint density at radius 3 is 2.55 bits per heavy atom. The molecule has 0 spiro atoms. The fourth-order valence-corrected chi connectivity index (χ4v) is 4.06. The molecule has 0 saturated carbocycles. The van der Waals surface area contributed by atoms with Crippen molar-refractivity contribution in [1.82, 2.24) is 4.31 Å². The summed E-state index contributed by atoms with van der Waals surface area (Å²) in [5.41, 5.74) is -0.266. The van der Waals surface area contributed by atoms with Gasteiger partial charge in [-0.3, -0.25) is 4.79 Å². The number of rotatable bonds is 5. The fourth-order valence-electron chi connectivity index (χ4n) is 2.53. The third-order valence-corrected chi connectivity index (χ3v) is 5.64. The van der Waals surface area contributed by atoms with Gasteiger partial charge in [0.25, 0.3) is 0 Å². The van der Waals surface area contributed by atoms with E-state index in [1.165, 1.54) is 6.07 Å². The van der Waals surface area contributed by atoms with E-state index in [1.807, 2.05) is 0 Å². The Balaban J connectivity index is 2.06. The van der Waals surface area contributed by atoms with Crippen LogP contribution in [0.3, 0.4) is 0 Å². The molecule has 122 valence electrons. The average molecular weight is 333 g/mol. The number of carbonyl (C=O) groups is 1. The predicted molar refractivity (Wildman–Crippen MR) is 75.8 cm³/mol. The van der Waals surface area contributed by atoms with Crippen molar-refractivity contribution >= 4 is 16.0 Å². The second kappa shape index (κ2) is 6.70. The third kappa shape index (κ3) is 3.80. The van der Waals surface area contributed by atoms with Crippen molar-refractivity contribution in [2.24, 2.45) is 5.92 Å². The first kappa shape index (κ1) is 16.8. The van der Waals surface area contributed by atoms with Crippen LogP contribution in [0.1, 0.15) is 18.4 Å². The Kier molecular flexibility index (Phi) is 5.12. The summed E-state index contributed by atoms with van der Waals surface area (Å²) in [5, 5.41) is 8.98. The van der Waals surface area contributed by atoms with Crippen LogP contribution in [0.15, 0.2) is 18.2 Å². The highest BCUT2D eigenvalue weighted by Gasteiger charge is 2.32. The molecule has 22 heavy (non-hydrogen) atoms. The number of sulfonamides is 1. The lowest BCUT2D eigenvalue weighted by molar-refractivity contribution is -0.142. The maximum Gasteiger partial charge on any atom is 0.307 e. The second-order valence-corrected chi connectivity index (χ2v) is 7.39. The molecule has 1 saturated heterocycles. The van der Waals surface area contributed by atoms with Gasteiger partial charge in [0.15, 0.2) is 0 Å². The predicted octanol–water partition coefficient (Wildman–Crippen LogP) is 1.63. The lowest BCUT2D eigenvalue weighted by Crippen LogP contribution is -2.43. The van der Waals surface area contributed by atoms with Crippen molar-refractivity contribution in [2.75, 3.05) is 18.8 Å². The topological polar surface area (TPSA) is 74.7 Å². The van der Waals surface area contributed by atoms with Crippen molar-refractivity contribution in [1.29, 1.82) is 0 Å². The molecule has 1 aromatic carbocycles. The summed E-state index contributed by atoms with van der Waals surface area (Å²) in [6.45, 7) is 0.156. The average Bonchev–Trinajstić information content (AvgIpc) is 2.47. The highest BCUT2D eigenvalue weighted by Crippen LogP contribution is 2.21. The normalized spacial score (nSPS) is 20.0. The van der Waals surface area contributed by atoms with Crippen LogP contribution in [0.4, 0.5) is 8.78 Å². The summed E-state index contributed by atoms with van der Waals surface area (Å²) in [4.78, 5) is 11.0. The molecule has 0 aliphatic carbocycles. The molecule has 1 aromatic rings. The zero-order valence-corrected chi connectivity index (χ0v) is 12.7. The highest BCUT2D eigenvalue weighted by atomic mass is 32.2. The van der Waals surface area contributed by atoms with Gasteiger partial charge in [0.05, 0.1) is 11.7 Å². The third-order valence-electron chi connectivity index (χ3n) is 3.80. The molecule has 0 amide bonds. The van der Waals surface area contributed by atoms with Crippen LogP contribution in [0.5, 0.6) is 0 Å². The van der Waals surface area contributed by atoms with Crippen molar-refractivity contribution in [3.8, 4) is 0 Å². The van der Waals surface area contributed by atoms with Gasteiger partial charge < -0.3 is 5.11 Å². The van der Waals surface area contributed by atoms with Crippen LogP contribution in [0.2, 0.25) is 0 Å². The zero-order valence-electron chi connectivity index (χ0n) is 11.8. The number of hydrogen-bond acceptors (Lipinski definition) is 3. The van der Waals surface area contributed by atoms with E-state index >= 15 is 0 Å². The molecule has 8 heteroatoms. The maximum absolute atomic E-state index is 13.5. The molecule has 1 atom stereocenters. The molecule has 0 aromatic heterocycles. The van der Waals surface area contributed by atoms with Crippen LogP contribution in [0, 0.1) is 17.6 Å². The largest absolute Gasteiger partial charge is 0.481 e. The SMILES string of the molecule is O=C(O)C1CCCN(S(=O)(=O)CCc2c(F)cccc2F)C1. The maximum atomic E-state index is 13.5. The van der Waals surface area contributed by atoms with Gasteiger partial charge in [-0.25, -0.2) is 21.5 Å². The quantitative estimate of drug-likeness (QED) is 0.889. The minimum Gasteiger partial charge on any atom is -0.481 e. The molecule has 1 fully saturated rings. The Morgan fingerprint density at radius 1 is 1.32 bits per heavy atom. The first-order chi connectivity index (χ1) is 10.3. The molecule has 2 rings (SSSR count). The Bertz CT molecular complexity index is 643. The first-order valence-corrected chi connectivity index (χ1v) is 8.55. The Labute approximate surface area is 127 Å². The number of carboxylic acids is 1. The summed E-state index contributed by atoms with van der Waals surface area (Å²) in [7, 11) is -3.74. The number of aliphatic carboxylic acids is 1. The molecule has 0 radical (unpaired) electrons. The molecule has 1 N–H and O–H groups in total. The molecule has 0 bridgehead atoms. The molecule has 1 aliphatic heterocycles. The van der Waals surface area contributed by atoms with E-state index in [1.54, 1.807) is 0 Å². The number of nitrogens with zero attached hydrogens (tertiary/aromatic N) is 1. The van der Waals surface area contributed by atoms with Crippen molar-refractivity contribution in [3.63, 3.8) is 0 Å². The second-order valence-electron chi connectivity index (χ2n) is 5.30. The Morgan fingerprint density at radius 2 is 1.95 bits per heavy atom. The lowest BCUT2D eigenvalue weighted by atomic mass is 10.0. The van der Waals surface area contributed by atoms with Gasteiger partial charge in [-0.1, -0.05) is 6.07 Å². The summed E-state index contributed by atoms with van der Waals surface area (Å²) >= 11 is 0. The summed E-state index contributed by atoms with van der Waals surface area (Å²) < 4.78 is 52.6. The van der Waals surface area contributed by atoms with Crippen LogP contribution in [0.25, 0.3) is 0 Å². The molecule has 1 unspecified atom stereocenters. The molecular weight excluding hydrogens is 316 g/mol. The van der Waals surface area contributed by atoms with Crippen molar-refractivity contribution in [3.05, 3.63) is 35.4 Å². The number of benzene rings is 1. The first-order valence-electron chi connectivity index (χ1n) is 6.95. The summed E-state index contributed by atoms with van der Waals surface area (Å²) in [6, 6.07) is 3.36. The van der Waals surface area contributed by atoms with E-state index in [-0.39, 0.29) is 25.1 Å².